The molecule has 1 fully saturated rings. The van der Waals surface area contributed by atoms with Crippen LogP contribution in [0.2, 0.25) is 0 Å². The third-order valence-corrected chi connectivity index (χ3v) is 4.50. The summed E-state index contributed by atoms with van der Waals surface area (Å²) in [5.41, 5.74) is 1.88. The molecule has 1 aromatic carbocycles. The molecule has 0 radical (unpaired) electrons. The van der Waals surface area contributed by atoms with E-state index < -0.39 is 0 Å². The minimum absolute atomic E-state index is 0.413. The molecule has 1 aromatic rings. The Kier molecular flexibility index (Phi) is 3.07. The van der Waals surface area contributed by atoms with Crippen molar-refractivity contribution in [3.8, 4) is 0 Å². The van der Waals surface area contributed by atoms with Gasteiger partial charge in [0, 0.05) is 6.04 Å². The third kappa shape index (κ3) is 1.78. The van der Waals surface area contributed by atoms with E-state index in [9.17, 15) is 0 Å². The van der Waals surface area contributed by atoms with Gasteiger partial charge in [0.15, 0.2) is 0 Å². The van der Waals surface area contributed by atoms with Crippen LogP contribution in [0.15, 0.2) is 30.3 Å². The summed E-state index contributed by atoms with van der Waals surface area (Å²) in [5, 5.41) is 0. The molecule has 2 atom stereocenters. The van der Waals surface area contributed by atoms with Gasteiger partial charge in [-0.25, -0.2) is 0 Å². The van der Waals surface area contributed by atoms with Crippen molar-refractivity contribution >= 4 is 0 Å². The lowest BCUT2D eigenvalue weighted by atomic mass is 9.71. The van der Waals surface area contributed by atoms with E-state index in [1.54, 1.807) is 0 Å². The van der Waals surface area contributed by atoms with Crippen molar-refractivity contribution in [1.29, 1.82) is 0 Å². The predicted octanol–water partition coefficient (Wildman–Crippen LogP) is 3.73. The summed E-state index contributed by atoms with van der Waals surface area (Å²) in [4.78, 5) is 2.51. The molecule has 0 N–H and O–H groups in total. The molecular weight excluding hydrogens is 194 g/mol. The fourth-order valence-electron chi connectivity index (χ4n) is 3.06. The molecule has 1 nitrogen and oxygen atoms in total. The topological polar surface area (TPSA) is 3.24 Å². The van der Waals surface area contributed by atoms with Gasteiger partial charge in [-0.2, -0.15) is 0 Å². The van der Waals surface area contributed by atoms with Gasteiger partial charge in [0.1, 0.15) is 0 Å². The van der Waals surface area contributed by atoms with Gasteiger partial charge in [0.2, 0.25) is 0 Å². The Bertz CT molecular complexity index is 344. The highest BCUT2D eigenvalue weighted by molar-refractivity contribution is 5.23. The first-order valence-electron chi connectivity index (χ1n) is 6.31. The Labute approximate surface area is 99.5 Å². The molecule has 16 heavy (non-hydrogen) atoms. The van der Waals surface area contributed by atoms with Crippen LogP contribution in [0.25, 0.3) is 0 Å². The number of benzene rings is 1. The molecule has 1 heteroatoms. The van der Waals surface area contributed by atoms with Crippen LogP contribution in [0, 0.1) is 11.3 Å². The van der Waals surface area contributed by atoms with Gasteiger partial charge in [-0.3, -0.25) is 4.90 Å². The van der Waals surface area contributed by atoms with E-state index in [4.69, 9.17) is 0 Å². The summed E-state index contributed by atoms with van der Waals surface area (Å²) < 4.78 is 0. The quantitative estimate of drug-likeness (QED) is 0.729. The molecular formula is C15H23N. The minimum Gasteiger partial charge on any atom is -0.299 e. The number of hydrogen-bond donors (Lipinski definition) is 0. The van der Waals surface area contributed by atoms with Crippen LogP contribution in [-0.2, 0) is 0 Å². The third-order valence-electron chi connectivity index (χ3n) is 4.50. The first kappa shape index (κ1) is 11.7. The van der Waals surface area contributed by atoms with Crippen molar-refractivity contribution in [2.45, 2.75) is 33.2 Å². The van der Waals surface area contributed by atoms with Gasteiger partial charge < -0.3 is 0 Å². The second kappa shape index (κ2) is 4.21. The van der Waals surface area contributed by atoms with E-state index in [0.717, 1.165) is 5.92 Å². The molecule has 88 valence electrons. The summed E-state index contributed by atoms with van der Waals surface area (Å²) in [6, 6.07) is 11.5. The average Bonchev–Trinajstić information content (AvgIpc) is 2.57. The van der Waals surface area contributed by atoms with Crippen molar-refractivity contribution in [3.63, 3.8) is 0 Å². The van der Waals surface area contributed by atoms with Crippen LogP contribution in [0.1, 0.15) is 38.8 Å². The number of nitrogens with zero attached hydrogens (tertiary/aromatic N) is 1. The Hall–Kier alpha value is -0.820. The molecule has 0 aliphatic carbocycles. The number of likely N-dealkylation sites (tertiary alicyclic amines) is 1. The highest BCUT2D eigenvalue weighted by atomic mass is 15.2. The van der Waals surface area contributed by atoms with E-state index in [1.807, 2.05) is 0 Å². The lowest BCUT2D eigenvalue weighted by Gasteiger charge is -2.38. The lowest BCUT2D eigenvalue weighted by Crippen LogP contribution is -2.31. The molecule has 0 saturated carbocycles. The van der Waals surface area contributed by atoms with Crippen molar-refractivity contribution < 1.29 is 0 Å². The molecule has 1 aliphatic heterocycles. The standard InChI is InChI=1S/C15H23N/c1-12(2)15(3)10-11-16(4)14(15)13-8-6-5-7-9-13/h5-9,12,14H,10-11H2,1-4H3/t14-,15+/m1/s1. The Morgan fingerprint density at radius 1 is 1.25 bits per heavy atom. The molecule has 0 spiro atoms. The Morgan fingerprint density at radius 3 is 2.44 bits per heavy atom. The second-order valence-corrected chi connectivity index (χ2v) is 5.70. The van der Waals surface area contributed by atoms with Crippen molar-refractivity contribution in [3.05, 3.63) is 35.9 Å². The molecule has 0 aromatic heterocycles. The molecule has 1 heterocycles. The van der Waals surface area contributed by atoms with Gasteiger partial charge in [0.05, 0.1) is 0 Å². The first-order chi connectivity index (χ1) is 7.55. The SMILES string of the molecule is CC(C)[C@]1(C)CCN(C)[C@@H]1c1ccccc1. The van der Waals surface area contributed by atoms with Crippen molar-refractivity contribution in [1.82, 2.24) is 4.90 Å². The molecule has 0 unspecified atom stereocenters. The largest absolute Gasteiger partial charge is 0.299 e. The van der Waals surface area contributed by atoms with Crippen LogP contribution >= 0.6 is 0 Å². The molecule has 0 amide bonds. The van der Waals surface area contributed by atoms with E-state index in [0.29, 0.717) is 11.5 Å². The van der Waals surface area contributed by atoms with Crippen molar-refractivity contribution in [2.24, 2.45) is 11.3 Å². The first-order valence-corrected chi connectivity index (χ1v) is 6.31. The van der Waals surface area contributed by atoms with Gasteiger partial charge in [-0.15, -0.1) is 0 Å². The smallest absolute Gasteiger partial charge is 0.0401 e. The maximum Gasteiger partial charge on any atom is 0.0401 e. The van der Waals surface area contributed by atoms with Gasteiger partial charge in [-0.1, -0.05) is 51.1 Å². The lowest BCUT2D eigenvalue weighted by molar-refractivity contribution is 0.138. The summed E-state index contributed by atoms with van der Waals surface area (Å²) in [6.07, 6.45) is 1.31. The van der Waals surface area contributed by atoms with Crippen molar-refractivity contribution in [2.75, 3.05) is 13.6 Å². The second-order valence-electron chi connectivity index (χ2n) is 5.70. The monoisotopic (exact) mass is 217 g/mol. The highest BCUT2D eigenvalue weighted by Gasteiger charge is 2.44. The minimum atomic E-state index is 0.413. The summed E-state index contributed by atoms with van der Waals surface area (Å²) in [6.45, 7) is 8.37. The van der Waals surface area contributed by atoms with Gasteiger partial charge in [0.25, 0.3) is 0 Å². The zero-order chi connectivity index (χ0) is 11.8. The van der Waals surface area contributed by atoms with E-state index in [1.165, 1.54) is 18.5 Å². The summed E-state index contributed by atoms with van der Waals surface area (Å²) in [5.74, 6) is 0.725. The van der Waals surface area contributed by atoms with E-state index >= 15 is 0 Å². The number of rotatable bonds is 2. The Balaban J connectivity index is 2.37. The van der Waals surface area contributed by atoms with Gasteiger partial charge in [-0.05, 0) is 36.9 Å². The van der Waals surface area contributed by atoms with Crippen LogP contribution in [0.3, 0.4) is 0 Å². The van der Waals surface area contributed by atoms with Crippen LogP contribution < -0.4 is 0 Å². The number of hydrogen-bond acceptors (Lipinski definition) is 1. The van der Waals surface area contributed by atoms with Crippen LogP contribution in [0.4, 0.5) is 0 Å². The zero-order valence-electron chi connectivity index (χ0n) is 10.9. The summed E-state index contributed by atoms with van der Waals surface area (Å²) >= 11 is 0. The maximum atomic E-state index is 2.51. The molecule has 1 saturated heterocycles. The summed E-state index contributed by atoms with van der Waals surface area (Å²) in [7, 11) is 2.26. The molecule has 1 aliphatic rings. The normalized spacial score (nSPS) is 31.2. The highest BCUT2D eigenvalue weighted by Crippen LogP contribution is 2.50. The average molecular weight is 217 g/mol. The van der Waals surface area contributed by atoms with Gasteiger partial charge >= 0.3 is 0 Å². The van der Waals surface area contributed by atoms with E-state index in [2.05, 4.69) is 63.1 Å². The fourth-order valence-corrected chi connectivity index (χ4v) is 3.06. The molecule has 2 rings (SSSR count). The van der Waals surface area contributed by atoms with Crippen LogP contribution in [-0.4, -0.2) is 18.5 Å². The van der Waals surface area contributed by atoms with E-state index in [-0.39, 0.29) is 0 Å². The zero-order valence-corrected chi connectivity index (χ0v) is 10.9. The molecule has 0 bridgehead atoms. The predicted molar refractivity (Wildman–Crippen MR) is 69.4 cm³/mol. The maximum absolute atomic E-state index is 2.51. The Morgan fingerprint density at radius 2 is 1.88 bits per heavy atom. The fraction of sp³-hybridized carbons (Fsp3) is 0.600. The van der Waals surface area contributed by atoms with Crippen LogP contribution in [0.5, 0.6) is 0 Å².